The molecule has 2 heteroatoms. The van der Waals surface area contributed by atoms with Crippen molar-refractivity contribution in [3.8, 4) is 0 Å². The third-order valence-corrected chi connectivity index (χ3v) is 3.86. The van der Waals surface area contributed by atoms with Gasteiger partial charge in [-0.2, -0.15) is 0 Å². The summed E-state index contributed by atoms with van der Waals surface area (Å²) in [5, 5.41) is 7.18. The number of hydrogen-bond donors (Lipinski definition) is 2. The van der Waals surface area contributed by atoms with Crippen molar-refractivity contribution in [1.29, 1.82) is 0 Å². The lowest BCUT2D eigenvalue weighted by Crippen LogP contribution is -2.51. The van der Waals surface area contributed by atoms with Crippen LogP contribution in [-0.4, -0.2) is 25.2 Å². The summed E-state index contributed by atoms with van der Waals surface area (Å²) in [5.41, 5.74) is 0.990. The zero-order valence-corrected chi connectivity index (χ0v) is 8.95. The Balaban J connectivity index is 1.77. The number of rotatable bonds is 3. The van der Waals surface area contributed by atoms with Crippen molar-refractivity contribution in [2.75, 3.05) is 19.6 Å². The Morgan fingerprint density at radius 1 is 1.23 bits per heavy atom. The minimum absolute atomic E-state index is 0.478. The fourth-order valence-corrected chi connectivity index (χ4v) is 2.33. The lowest BCUT2D eigenvalue weighted by Gasteiger charge is -2.41. The van der Waals surface area contributed by atoms with E-state index in [1.807, 2.05) is 0 Å². The molecule has 0 bridgehead atoms. The first-order valence-electron chi connectivity index (χ1n) is 5.58. The van der Waals surface area contributed by atoms with Crippen molar-refractivity contribution in [3.63, 3.8) is 0 Å². The third-order valence-electron chi connectivity index (χ3n) is 3.86. The second kappa shape index (κ2) is 3.25. The summed E-state index contributed by atoms with van der Waals surface area (Å²) in [4.78, 5) is 0. The summed E-state index contributed by atoms with van der Waals surface area (Å²) in [6, 6.07) is 0. The molecule has 1 saturated carbocycles. The highest BCUT2D eigenvalue weighted by molar-refractivity contribution is 4.95. The molecule has 1 saturated heterocycles. The van der Waals surface area contributed by atoms with Crippen LogP contribution in [0, 0.1) is 5.41 Å². The second-order valence-corrected chi connectivity index (χ2v) is 5.51. The van der Waals surface area contributed by atoms with E-state index in [9.17, 15) is 0 Å². The first kappa shape index (κ1) is 9.47. The van der Waals surface area contributed by atoms with Crippen LogP contribution in [0.5, 0.6) is 0 Å². The standard InChI is InChI=1S/C11H22N2/c1-10(6-7-12-8-10)9-13-11(2)4-3-5-11/h12-13H,3-9H2,1-2H3. The van der Waals surface area contributed by atoms with Crippen LogP contribution in [0.15, 0.2) is 0 Å². The summed E-state index contributed by atoms with van der Waals surface area (Å²) in [7, 11) is 0. The summed E-state index contributed by atoms with van der Waals surface area (Å²) >= 11 is 0. The van der Waals surface area contributed by atoms with Gasteiger partial charge in [0.1, 0.15) is 0 Å². The molecule has 0 aromatic rings. The van der Waals surface area contributed by atoms with E-state index in [0.29, 0.717) is 11.0 Å². The van der Waals surface area contributed by atoms with Crippen LogP contribution in [-0.2, 0) is 0 Å². The van der Waals surface area contributed by atoms with Gasteiger partial charge in [-0.15, -0.1) is 0 Å². The van der Waals surface area contributed by atoms with Crippen molar-refractivity contribution in [2.24, 2.45) is 5.41 Å². The predicted molar refractivity (Wildman–Crippen MR) is 55.9 cm³/mol. The first-order chi connectivity index (χ1) is 6.12. The normalized spacial score (nSPS) is 37.4. The van der Waals surface area contributed by atoms with E-state index < -0.39 is 0 Å². The highest BCUT2D eigenvalue weighted by Gasteiger charge is 2.35. The predicted octanol–water partition coefficient (Wildman–Crippen LogP) is 1.52. The van der Waals surface area contributed by atoms with Crippen molar-refractivity contribution in [2.45, 2.75) is 45.1 Å². The van der Waals surface area contributed by atoms with Gasteiger partial charge in [-0.25, -0.2) is 0 Å². The highest BCUT2D eigenvalue weighted by Crippen LogP contribution is 2.32. The van der Waals surface area contributed by atoms with Gasteiger partial charge in [0.15, 0.2) is 0 Å². The maximum atomic E-state index is 3.74. The minimum Gasteiger partial charge on any atom is -0.316 e. The largest absolute Gasteiger partial charge is 0.316 e. The number of nitrogens with one attached hydrogen (secondary N) is 2. The molecule has 1 aliphatic heterocycles. The maximum Gasteiger partial charge on any atom is 0.0153 e. The van der Waals surface area contributed by atoms with Gasteiger partial charge in [-0.05, 0) is 44.6 Å². The van der Waals surface area contributed by atoms with E-state index >= 15 is 0 Å². The Morgan fingerprint density at radius 3 is 2.46 bits per heavy atom. The smallest absolute Gasteiger partial charge is 0.0153 e. The minimum atomic E-state index is 0.478. The molecule has 13 heavy (non-hydrogen) atoms. The van der Waals surface area contributed by atoms with Gasteiger partial charge < -0.3 is 10.6 Å². The van der Waals surface area contributed by atoms with Gasteiger partial charge in [0.25, 0.3) is 0 Å². The molecule has 1 heterocycles. The summed E-state index contributed by atoms with van der Waals surface area (Å²) in [6.07, 6.45) is 5.49. The molecule has 1 aliphatic carbocycles. The van der Waals surface area contributed by atoms with Crippen LogP contribution in [0.2, 0.25) is 0 Å². The van der Waals surface area contributed by atoms with Crippen LogP contribution in [0.1, 0.15) is 39.5 Å². The van der Waals surface area contributed by atoms with E-state index in [2.05, 4.69) is 24.5 Å². The van der Waals surface area contributed by atoms with E-state index in [4.69, 9.17) is 0 Å². The second-order valence-electron chi connectivity index (χ2n) is 5.51. The maximum absolute atomic E-state index is 3.74. The first-order valence-corrected chi connectivity index (χ1v) is 5.58. The molecule has 1 atom stereocenters. The van der Waals surface area contributed by atoms with Crippen molar-refractivity contribution in [3.05, 3.63) is 0 Å². The summed E-state index contributed by atoms with van der Waals surface area (Å²) in [6.45, 7) is 8.34. The zero-order valence-electron chi connectivity index (χ0n) is 8.95. The molecule has 0 amide bonds. The average Bonchev–Trinajstić information content (AvgIpc) is 2.46. The van der Waals surface area contributed by atoms with Gasteiger partial charge in [-0.1, -0.05) is 6.92 Å². The Kier molecular flexibility index (Phi) is 2.37. The van der Waals surface area contributed by atoms with E-state index in [0.717, 1.165) is 0 Å². The molecule has 2 rings (SSSR count). The van der Waals surface area contributed by atoms with Crippen LogP contribution in [0.4, 0.5) is 0 Å². The fraction of sp³-hybridized carbons (Fsp3) is 1.00. The quantitative estimate of drug-likeness (QED) is 0.691. The molecular formula is C11H22N2. The number of hydrogen-bond acceptors (Lipinski definition) is 2. The Morgan fingerprint density at radius 2 is 2.00 bits per heavy atom. The van der Waals surface area contributed by atoms with Crippen molar-refractivity contribution >= 4 is 0 Å². The van der Waals surface area contributed by atoms with Gasteiger partial charge in [-0.3, -0.25) is 0 Å². The molecule has 0 aromatic carbocycles. The van der Waals surface area contributed by atoms with E-state index in [1.165, 1.54) is 45.3 Å². The highest BCUT2D eigenvalue weighted by atomic mass is 15.0. The molecule has 2 fully saturated rings. The molecule has 2 nitrogen and oxygen atoms in total. The Hall–Kier alpha value is -0.0800. The molecule has 2 aliphatic rings. The van der Waals surface area contributed by atoms with Gasteiger partial charge in [0.2, 0.25) is 0 Å². The molecule has 0 aromatic heterocycles. The summed E-state index contributed by atoms with van der Waals surface area (Å²) in [5.74, 6) is 0. The van der Waals surface area contributed by atoms with E-state index in [1.54, 1.807) is 0 Å². The van der Waals surface area contributed by atoms with Crippen LogP contribution < -0.4 is 10.6 Å². The van der Waals surface area contributed by atoms with Crippen LogP contribution in [0.25, 0.3) is 0 Å². The molecule has 0 radical (unpaired) electrons. The topological polar surface area (TPSA) is 24.1 Å². The molecular weight excluding hydrogens is 160 g/mol. The zero-order chi connectivity index (χ0) is 9.36. The monoisotopic (exact) mass is 182 g/mol. The fourth-order valence-electron chi connectivity index (χ4n) is 2.33. The lowest BCUT2D eigenvalue weighted by molar-refractivity contribution is 0.177. The van der Waals surface area contributed by atoms with Gasteiger partial charge in [0.05, 0.1) is 0 Å². The van der Waals surface area contributed by atoms with Crippen molar-refractivity contribution < 1.29 is 0 Å². The third kappa shape index (κ3) is 2.05. The average molecular weight is 182 g/mol. The van der Waals surface area contributed by atoms with E-state index in [-0.39, 0.29) is 0 Å². The Bertz CT molecular complexity index is 179. The SMILES string of the molecule is CC1(CNC2(C)CCC2)CCNC1. The molecule has 2 N–H and O–H groups in total. The summed E-state index contributed by atoms with van der Waals surface area (Å²) < 4.78 is 0. The Labute approximate surface area is 81.5 Å². The molecule has 0 spiro atoms. The van der Waals surface area contributed by atoms with Crippen LogP contribution >= 0.6 is 0 Å². The van der Waals surface area contributed by atoms with Gasteiger partial charge in [0, 0.05) is 18.6 Å². The van der Waals surface area contributed by atoms with Crippen molar-refractivity contribution in [1.82, 2.24) is 10.6 Å². The molecule has 1 unspecified atom stereocenters. The van der Waals surface area contributed by atoms with Crippen LogP contribution in [0.3, 0.4) is 0 Å². The lowest BCUT2D eigenvalue weighted by atomic mass is 9.77. The van der Waals surface area contributed by atoms with Gasteiger partial charge >= 0.3 is 0 Å². The molecule has 76 valence electrons.